The number of aryl methyl sites for hydroxylation is 1. The van der Waals surface area contributed by atoms with E-state index in [1.54, 1.807) is 6.20 Å². The normalized spacial score (nSPS) is 10.4. The number of primary amides is 1. The summed E-state index contributed by atoms with van der Waals surface area (Å²) in [6.07, 6.45) is 4.83. The average molecular weight is 196 g/mol. The fourth-order valence-corrected chi connectivity index (χ4v) is 1.18. The molecule has 5 heteroatoms. The van der Waals surface area contributed by atoms with Crippen LogP contribution in [0.4, 0.5) is 0 Å². The fourth-order valence-electron chi connectivity index (χ4n) is 1.18. The Bertz CT molecular complexity index is 295. The number of aromatic nitrogens is 2. The van der Waals surface area contributed by atoms with Crippen LogP contribution in [0, 0.1) is 0 Å². The lowest BCUT2D eigenvalue weighted by Crippen LogP contribution is -2.27. The molecule has 0 unspecified atom stereocenters. The molecule has 78 valence electrons. The highest BCUT2D eigenvalue weighted by Crippen LogP contribution is 1.97. The Balaban J connectivity index is 2.32. The molecule has 0 fully saturated rings. The number of amides is 1. The maximum Gasteiger partial charge on any atom is 0.231 e. The predicted octanol–water partition coefficient (Wildman–Crippen LogP) is -0.132. The number of carbonyl (C=O) groups is 1. The summed E-state index contributed by atoms with van der Waals surface area (Å²) in [5, 5.41) is 7.09. The summed E-state index contributed by atoms with van der Waals surface area (Å²) < 4.78 is 1.89. The van der Waals surface area contributed by atoms with Gasteiger partial charge in [0, 0.05) is 24.8 Å². The summed E-state index contributed by atoms with van der Waals surface area (Å²) in [7, 11) is 0. The zero-order chi connectivity index (χ0) is 10.4. The van der Waals surface area contributed by atoms with E-state index in [2.05, 4.69) is 17.3 Å². The van der Waals surface area contributed by atoms with Crippen LogP contribution in [-0.2, 0) is 17.9 Å². The maximum absolute atomic E-state index is 10.4. The van der Waals surface area contributed by atoms with E-state index >= 15 is 0 Å². The molecule has 0 radical (unpaired) electrons. The minimum absolute atomic E-state index is 0.207. The molecule has 0 aliphatic rings. The molecular formula is C9H16N4O. The van der Waals surface area contributed by atoms with E-state index in [1.807, 2.05) is 10.9 Å². The molecule has 1 rings (SSSR count). The van der Waals surface area contributed by atoms with E-state index in [4.69, 9.17) is 5.73 Å². The van der Waals surface area contributed by atoms with Crippen molar-refractivity contribution in [2.75, 3.05) is 6.54 Å². The van der Waals surface area contributed by atoms with E-state index in [0.29, 0.717) is 6.54 Å². The largest absolute Gasteiger partial charge is 0.369 e. The molecular weight excluding hydrogens is 180 g/mol. The van der Waals surface area contributed by atoms with E-state index in [-0.39, 0.29) is 12.5 Å². The van der Waals surface area contributed by atoms with Gasteiger partial charge in [-0.05, 0) is 6.42 Å². The van der Waals surface area contributed by atoms with Gasteiger partial charge in [0.25, 0.3) is 0 Å². The van der Waals surface area contributed by atoms with Gasteiger partial charge in [0.1, 0.15) is 0 Å². The highest BCUT2D eigenvalue weighted by molar-refractivity contribution is 5.75. The smallest absolute Gasteiger partial charge is 0.231 e. The van der Waals surface area contributed by atoms with Crippen molar-refractivity contribution >= 4 is 5.91 Å². The Morgan fingerprint density at radius 1 is 1.71 bits per heavy atom. The van der Waals surface area contributed by atoms with Crippen molar-refractivity contribution in [3.63, 3.8) is 0 Å². The first-order chi connectivity index (χ1) is 6.72. The van der Waals surface area contributed by atoms with Crippen LogP contribution >= 0.6 is 0 Å². The summed E-state index contributed by atoms with van der Waals surface area (Å²) in [5.74, 6) is -0.342. The van der Waals surface area contributed by atoms with Crippen LogP contribution in [0.2, 0.25) is 0 Å². The fraction of sp³-hybridized carbons (Fsp3) is 0.556. The molecule has 0 saturated heterocycles. The lowest BCUT2D eigenvalue weighted by Gasteiger charge is -1.98. The Morgan fingerprint density at radius 2 is 2.50 bits per heavy atom. The van der Waals surface area contributed by atoms with Crippen LogP contribution in [0.1, 0.15) is 18.9 Å². The maximum atomic E-state index is 10.4. The molecule has 0 aliphatic carbocycles. The van der Waals surface area contributed by atoms with Gasteiger partial charge in [0.2, 0.25) is 5.91 Å². The first kappa shape index (κ1) is 10.7. The van der Waals surface area contributed by atoms with Gasteiger partial charge in [-0.1, -0.05) is 6.92 Å². The van der Waals surface area contributed by atoms with Gasteiger partial charge in [-0.3, -0.25) is 9.48 Å². The molecule has 0 aliphatic heterocycles. The van der Waals surface area contributed by atoms with Crippen molar-refractivity contribution in [2.45, 2.75) is 26.4 Å². The second-order valence-corrected chi connectivity index (χ2v) is 3.18. The predicted molar refractivity (Wildman–Crippen MR) is 53.4 cm³/mol. The third-order valence-electron chi connectivity index (χ3n) is 1.77. The molecule has 1 heterocycles. The number of nitrogens with zero attached hydrogens (tertiary/aromatic N) is 2. The summed E-state index contributed by atoms with van der Waals surface area (Å²) in [5.41, 5.74) is 6.06. The van der Waals surface area contributed by atoms with Crippen molar-refractivity contribution < 1.29 is 4.79 Å². The number of hydrogen-bond acceptors (Lipinski definition) is 3. The van der Waals surface area contributed by atoms with Crippen LogP contribution in [0.15, 0.2) is 12.4 Å². The Hall–Kier alpha value is -1.36. The summed E-state index contributed by atoms with van der Waals surface area (Å²) in [4.78, 5) is 10.4. The van der Waals surface area contributed by atoms with Gasteiger partial charge >= 0.3 is 0 Å². The SMILES string of the molecule is CCCn1cc(CNCC(N)=O)cn1. The number of carbonyl (C=O) groups excluding carboxylic acids is 1. The van der Waals surface area contributed by atoms with Crippen LogP contribution in [-0.4, -0.2) is 22.2 Å². The molecule has 5 nitrogen and oxygen atoms in total. The molecule has 0 saturated carbocycles. The highest BCUT2D eigenvalue weighted by Gasteiger charge is 1.98. The van der Waals surface area contributed by atoms with Crippen LogP contribution < -0.4 is 11.1 Å². The quantitative estimate of drug-likeness (QED) is 0.665. The Labute approximate surface area is 83.3 Å². The summed E-state index contributed by atoms with van der Waals surface area (Å²) in [6.45, 7) is 3.87. The number of nitrogens with one attached hydrogen (secondary N) is 1. The van der Waals surface area contributed by atoms with Gasteiger partial charge < -0.3 is 11.1 Å². The topological polar surface area (TPSA) is 72.9 Å². The third-order valence-corrected chi connectivity index (χ3v) is 1.77. The van der Waals surface area contributed by atoms with Gasteiger partial charge in [-0.25, -0.2) is 0 Å². The molecule has 0 spiro atoms. The van der Waals surface area contributed by atoms with Crippen molar-refractivity contribution in [3.05, 3.63) is 18.0 Å². The van der Waals surface area contributed by atoms with Crippen molar-refractivity contribution in [1.82, 2.24) is 15.1 Å². The van der Waals surface area contributed by atoms with E-state index in [9.17, 15) is 4.79 Å². The van der Waals surface area contributed by atoms with Gasteiger partial charge in [-0.15, -0.1) is 0 Å². The molecule has 1 aromatic rings. The first-order valence-corrected chi connectivity index (χ1v) is 4.72. The van der Waals surface area contributed by atoms with Crippen molar-refractivity contribution in [3.8, 4) is 0 Å². The zero-order valence-corrected chi connectivity index (χ0v) is 8.36. The molecule has 1 aromatic heterocycles. The highest BCUT2D eigenvalue weighted by atomic mass is 16.1. The van der Waals surface area contributed by atoms with E-state index < -0.39 is 0 Å². The zero-order valence-electron chi connectivity index (χ0n) is 8.36. The van der Waals surface area contributed by atoms with E-state index in [1.165, 1.54) is 0 Å². The molecule has 3 N–H and O–H groups in total. The monoisotopic (exact) mass is 196 g/mol. The molecule has 0 aromatic carbocycles. The van der Waals surface area contributed by atoms with Crippen LogP contribution in [0.3, 0.4) is 0 Å². The second-order valence-electron chi connectivity index (χ2n) is 3.18. The Morgan fingerprint density at radius 3 is 3.14 bits per heavy atom. The third kappa shape index (κ3) is 3.57. The van der Waals surface area contributed by atoms with Crippen LogP contribution in [0.25, 0.3) is 0 Å². The number of nitrogens with two attached hydrogens (primary N) is 1. The lowest BCUT2D eigenvalue weighted by atomic mass is 10.3. The summed E-state index contributed by atoms with van der Waals surface area (Å²) >= 11 is 0. The van der Waals surface area contributed by atoms with Crippen LogP contribution in [0.5, 0.6) is 0 Å². The molecule has 0 bridgehead atoms. The standard InChI is InChI=1S/C9H16N4O/c1-2-3-13-7-8(5-12-13)4-11-6-9(10)14/h5,7,11H,2-4,6H2,1H3,(H2,10,14). The molecule has 0 atom stereocenters. The lowest BCUT2D eigenvalue weighted by molar-refractivity contribution is -0.117. The minimum atomic E-state index is -0.342. The first-order valence-electron chi connectivity index (χ1n) is 4.72. The minimum Gasteiger partial charge on any atom is -0.369 e. The van der Waals surface area contributed by atoms with Crippen molar-refractivity contribution in [1.29, 1.82) is 0 Å². The van der Waals surface area contributed by atoms with Gasteiger partial charge in [0.05, 0.1) is 12.7 Å². The average Bonchev–Trinajstić information content (AvgIpc) is 2.53. The Kier molecular flexibility index (Phi) is 4.12. The van der Waals surface area contributed by atoms with Gasteiger partial charge in [0.15, 0.2) is 0 Å². The molecule has 14 heavy (non-hydrogen) atoms. The van der Waals surface area contributed by atoms with Gasteiger partial charge in [-0.2, -0.15) is 5.10 Å². The van der Waals surface area contributed by atoms with E-state index in [0.717, 1.165) is 18.5 Å². The second kappa shape index (κ2) is 5.39. The van der Waals surface area contributed by atoms with Crippen molar-refractivity contribution in [2.24, 2.45) is 5.73 Å². The number of hydrogen-bond donors (Lipinski definition) is 2. The molecule has 1 amide bonds. The summed E-state index contributed by atoms with van der Waals surface area (Å²) in [6, 6.07) is 0. The number of rotatable bonds is 6.